The van der Waals surface area contributed by atoms with Gasteiger partial charge in [0, 0.05) is 12.1 Å². The van der Waals surface area contributed by atoms with Crippen LogP contribution in [-0.2, 0) is 0 Å². The Morgan fingerprint density at radius 2 is 2.00 bits per heavy atom. The van der Waals surface area contributed by atoms with Gasteiger partial charge < -0.3 is 10.2 Å². The lowest BCUT2D eigenvalue weighted by Crippen LogP contribution is -2.04. The van der Waals surface area contributed by atoms with Crippen LogP contribution in [0, 0.1) is 0 Å². The van der Waals surface area contributed by atoms with Gasteiger partial charge in [0.15, 0.2) is 16.8 Å². The van der Waals surface area contributed by atoms with Gasteiger partial charge in [-0.25, -0.2) is 4.98 Å². The van der Waals surface area contributed by atoms with Crippen molar-refractivity contribution < 1.29 is 4.42 Å². The van der Waals surface area contributed by atoms with E-state index >= 15 is 0 Å². The molecular weight excluding hydrogens is 204 g/mol. The fraction of sp³-hybridized carbons (Fsp3) is 0. The van der Waals surface area contributed by atoms with Crippen LogP contribution in [0.5, 0.6) is 0 Å². The molecule has 0 atom stereocenters. The van der Waals surface area contributed by atoms with Gasteiger partial charge in [0.05, 0.1) is 5.69 Å². The Morgan fingerprint density at radius 1 is 1.19 bits per heavy atom. The first kappa shape index (κ1) is 8.91. The van der Waals surface area contributed by atoms with Gasteiger partial charge in [-0.1, -0.05) is 12.1 Å². The van der Waals surface area contributed by atoms with E-state index in [1.807, 2.05) is 18.2 Å². The fourth-order valence-corrected chi connectivity index (χ4v) is 1.68. The van der Waals surface area contributed by atoms with Crippen molar-refractivity contribution in [3.63, 3.8) is 0 Å². The highest BCUT2D eigenvalue weighted by atomic mass is 16.3. The van der Waals surface area contributed by atoms with E-state index in [-0.39, 0.29) is 5.43 Å². The largest absolute Gasteiger partial charge is 0.453 e. The topological polar surface area (TPSA) is 69.1 Å². The van der Waals surface area contributed by atoms with E-state index < -0.39 is 0 Å². The summed E-state index contributed by atoms with van der Waals surface area (Å²) in [6.07, 6.45) is 0. The van der Waals surface area contributed by atoms with Crippen LogP contribution in [0.25, 0.3) is 22.6 Å². The van der Waals surface area contributed by atoms with Crippen LogP contribution in [0.1, 0.15) is 0 Å². The summed E-state index contributed by atoms with van der Waals surface area (Å²) < 4.78 is 5.57. The van der Waals surface area contributed by atoms with Crippen LogP contribution < -0.4 is 11.2 Å². The third kappa shape index (κ3) is 1.24. The number of hydrogen-bond donors (Lipinski definition) is 1. The van der Waals surface area contributed by atoms with Gasteiger partial charge in [-0.2, -0.15) is 0 Å². The molecule has 1 aromatic rings. The molecule has 1 aliphatic heterocycles. The SMILES string of the molecule is Nc1cc(=O)cc2oc3ccccc3nc1-2. The van der Waals surface area contributed by atoms with Crippen molar-refractivity contribution in [2.24, 2.45) is 0 Å². The third-order valence-electron chi connectivity index (χ3n) is 2.40. The Labute approximate surface area is 90.7 Å². The van der Waals surface area contributed by atoms with Crippen molar-refractivity contribution in [1.29, 1.82) is 0 Å². The summed E-state index contributed by atoms with van der Waals surface area (Å²) in [5, 5.41) is 0. The van der Waals surface area contributed by atoms with Crippen LogP contribution >= 0.6 is 0 Å². The molecule has 0 amide bonds. The number of anilines is 1. The van der Waals surface area contributed by atoms with Gasteiger partial charge in [-0.05, 0) is 12.1 Å². The molecule has 0 unspecified atom stereocenters. The first-order valence-corrected chi connectivity index (χ1v) is 4.83. The molecular formula is C12H8N2O2. The first-order valence-electron chi connectivity index (χ1n) is 4.83. The van der Waals surface area contributed by atoms with E-state index in [1.54, 1.807) is 6.07 Å². The molecule has 2 N–H and O–H groups in total. The van der Waals surface area contributed by atoms with Crippen molar-refractivity contribution in [1.82, 2.24) is 4.98 Å². The van der Waals surface area contributed by atoms with Crippen LogP contribution in [-0.4, -0.2) is 4.98 Å². The second kappa shape index (κ2) is 3.06. The van der Waals surface area contributed by atoms with Gasteiger partial charge in [-0.3, -0.25) is 4.79 Å². The molecule has 0 bridgehead atoms. The molecule has 78 valence electrons. The zero-order chi connectivity index (χ0) is 11.1. The Balaban J connectivity index is 2.52. The van der Waals surface area contributed by atoms with Gasteiger partial charge in [-0.15, -0.1) is 0 Å². The minimum absolute atomic E-state index is 0.175. The summed E-state index contributed by atoms with van der Waals surface area (Å²) in [4.78, 5) is 15.6. The first-order chi connectivity index (χ1) is 7.74. The van der Waals surface area contributed by atoms with E-state index in [0.29, 0.717) is 22.7 Å². The fourth-order valence-electron chi connectivity index (χ4n) is 1.68. The van der Waals surface area contributed by atoms with Gasteiger partial charge >= 0.3 is 0 Å². The highest BCUT2D eigenvalue weighted by Crippen LogP contribution is 2.27. The smallest absolute Gasteiger partial charge is 0.184 e. The normalized spacial score (nSPS) is 11.0. The zero-order valence-electron chi connectivity index (χ0n) is 8.31. The highest BCUT2D eigenvalue weighted by Gasteiger charge is 2.12. The third-order valence-corrected chi connectivity index (χ3v) is 2.40. The summed E-state index contributed by atoms with van der Waals surface area (Å²) >= 11 is 0. The van der Waals surface area contributed by atoms with Crippen molar-refractivity contribution in [3.05, 3.63) is 46.6 Å². The van der Waals surface area contributed by atoms with Crippen LogP contribution in [0.15, 0.2) is 45.6 Å². The van der Waals surface area contributed by atoms with Crippen molar-refractivity contribution in [2.75, 3.05) is 5.73 Å². The number of hydrogen-bond acceptors (Lipinski definition) is 4. The van der Waals surface area contributed by atoms with E-state index in [4.69, 9.17) is 10.2 Å². The Kier molecular flexibility index (Phi) is 1.71. The van der Waals surface area contributed by atoms with E-state index in [9.17, 15) is 4.79 Å². The number of nitrogen functional groups attached to an aromatic ring is 1. The molecule has 4 nitrogen and oxygen atoms in total. The molecule has 0 aromatic heterocycles. The lowest BCUT2D eigenvalue weighted by atomic mass is 10.2. The van der Waals surface area contributed by atoms with E-state index in [2.05, 4.69) is 4.98 Å². The second-order valence-electron chi connectivity index (χ2n) is 3.54. The Bertz CT molecular complexity index is 703. The van der Waals surface area contributed by atoms with E-state index in [1.165, 1.54) is 12.1 Å². The Hall–Kier alpha value is -2.36. The molecule has 4 heteroatoms. The summed E-state index contributed by atoms with van der Waals surface area (Å²) in [5.41, 5.74) is 7.78. The monoisotopic (exact) mass is 212 g/mol. The zero-order valence-corrected chi connectivity index (χ0v) is 8.31. The maximum Gasteiger partial charge on any atom is 0.184 e. The molecule has 1 aromatic carbocycles. The molecule has 0 saturated carbocycles. The van der Waals surface area contributed by atoms with Crippen LogP contribution in [0.2, 0.25) is 0 Å². The average Bonchev–Trinajstić information content (AvgIpc) is 2.27. The quantitative estimate of drug-likeness (QED) is 0.456. The van der Waals surface area contributed by atoms with Crippen molar-refractivity contribution >= 4 is 16.8 Å². The summed E-state index contributed by atoms with van der Waals surface area (Å²) in [6, 6.07) is 10.1. The standard InChI is InChI=1S/C12H8N2O2/c13-8-5-7(15)6-11-12(8)14-9-3-1-2-4-10(9)16-11/h1-6H,13H2. The molecule has 2 aliphatic rings. The van der Waals surface area contributed by atoms with Crippen molar-refractivity contribution in [2.45, 2.75) is 0 Å². The molecule has 1 aliphatic carbocycles. The van der Waals surface area contributed by atoms with E-state index in [0.717, 1.165) is 5.52 Å². The maximum atomic E-state index is 11.3. The second-order valence-corrected chi connectivity index (χ2v) is 3.54. The molecule has 16 heavy (non-hydrogen) atoms. The number of nitrogens with zero attached hydrogens (tertiary/aromatic N) is 1. The molecule has 0 radical (unpaired) electrons. The molecule has 3 rings (SSSR count). The van der Waals surface area contributed by atoms with Crippen molar-refractivity contribution in [3.8, 4) is 11.5 Å². The van der Waals surface area contributed by atoms with Crippen LogP contribution in [0.3, 0.4) is 0 Å². The lowest BCUT2D eigenvalue weighted by Gasteiger charge is -2.07. The van der Waals surface area contributed by atoms with Gasteiger partial charge in [0.25, 0.3) is 0 Å². The minimum Gasteiger partial charge on any atom is -0.453 e. The predicted octanol–water partition coefficient (Wildman–Crippen LogP) is 1.87. The maximum absolute atomic E-state index is 11.3. The predicted molar refractivity (Wildman–Crippen MR) is 61.3 cm³/mol. The molecule has 0 saturated heterocycles. The number of benzene rings is 2. The molecule has 0 fully saturated rings. The number of para-hydroxylation sites is 2. The Morgan fingerprint density at radius 3 is 2.88 bits per heavy atom. The minimum atomic E-state index is -0.175. The number of nitrogens with two attached hydrogens (primary N) is 1. The number of aromatic nitrogens is 1. The summed E-state index contributed by atoms with van der Waals surface area (Å²) in [6.45, 7) is 0. The highest BCUT2D eigenvalue weighted by molar-refractivity contribution is 5.80. The average molecular weight is 212 g/mol. The number of rotatable bonds is 0. The molecule has 0 spiro atoms. The van der Waals surface area contributed by atoms with Crippen LogP contribution in [0.4, 0.5) is 5.69 Å². The van der Waals surface area contributed by atoms with Gasteiger partial charge in [0.1, 0.15) is 11.2 Å². The molecule has 1 heterocycles. The lowest BCUT2D eigenvalue weighted by molar-refractivity contribution is 0.613. The van der Waals surface area contributed by atoms with Gasteiger partial charge in [0.2, 0.25) is 0 Å². The summed E-state index contributed by atoms with van der Waals surface area (Å²) in [7, 11) is 0. The number of fused-ring (bicyclic) bond motifs is 2. The summed E-state index contributed by atoms with van der Waals surface area (Å²) in [5.74, 6) is 0.420.